The summed E-state index contributed by atoms with van der Waals surface area (Å²) in [6.45, 7) is 4.05. The van der Waals surface area contributed by atoms with Gasteiger partial charge in [0.2, 0.25) is 5.89 Å². The maximum absolute atomic E-state index is 13.7. The van der Waals surface area contributed by atoms with Crippen molar-refractivity contribution in [2.45, 2.75) is 32.8 Å². The lowest BCUT2D eigenvalue weighted by Crippen LogP contribution is -2.17. The van der Waals surface area contributed by atoms with Gasteiger partial charge in [-0.3, -0.25) is 5.01 Å². The lowest BCUT2D eigenvalue weighted by Gasteiger charge is -2.14. The zero-order valence-electron chi connectivity index (χ0n) is 18.9. The van der Waals surface area contributed by atoms with Gasteiger partial charge in [0.05, 0.1) is 7.05 Å². The Labute approximate surface area is 192 Å². The topological polar surface area (TPSA) is 63.2 Å². The predicted molar refractivity (Wildman–Crippen MR) is 124 cm³/mol. The molecule has 0 atom stereocenters. The summed E-state index contributed by atoms with van der Waals surface area (Å²) < 4.78 is 38.5. The molecule has 0 amide bonds. The van der Waals surface area contributed by atoms with Gasteiger partial charge in [-0.15, -0.1) is 0 Å². The quantitative estimate of drug-likeness (QED) is 0.182. The van der Waals surface area contributed by atoms with Gasteiger partial charge < -0.3 is 9.15 Å². The second-order valence-corrected chi connectivity index (χ2v) is 7.37. The van der Waals surface area contributed by atoms with Crippen LogP contribution < -0.4 is 4.74 Å². The van der Waals surface area contributed by atoms with Crippen molar-refractivity contribution in [3.05, 3.63) is 83.1 Å². The first-order valence-electron chi connectivity index (χ1n) is 10.9. The average Bonchev–Trinajstić information content (AvgIpc) is 3.28. The highest BCUT2D eigenvalue weighted by Gasteiger charge is 2.07. The monoisotopic (exact) mass is 454 g/mol. The molecule has 0 saturated carbocycles. The summed E-state index contributed by atoms with van der Waals surface area (Å²) in [5.74, 6) is -0.312. The Balaban J connectivity index is 1.44. The van der Waals surface area contributed by atoms with Crippen molar-refractivity contribution in [1.29, 1.82) is 0 Å². The van der Waals surface area contributed by atoms with Crippen molar-refractivity contribution in [2.24, 2.45) is 10.3 Å². The zero-order chi connectivity index (χ0) is 23.5. The first-order valence-corrected chi connectivity index (χ1v) is 10.9. The SMILES string of the molecule is CCN(CCCCc1ccc(OCc2coc(/C=C/c3c(F)cccc3F)n2)cc1)N=NC. The first-order chi connectivity index (χ1) is 16.1. The Hall–Kier alpha value is -3.55. The number of rotatable bonds is 12. The lowest BCUT2D eigenvalue weighted by atomic mass is 10.1. The van der Waals surface area contributed by atoms with E-state index in [1.165, 1.54) is 42.2 Å². The van der Waals surface area contributed by atoms with E-state index in [4.69, 9.17) is 9.15 Å². The molecule has 174 valence electrons. The van der Waals surface area contributed by atoms with Crippen LogP contribution in [0.4, 0.5) is 8.78 Å². The number of aryl methyl sites for hydroxylation is 1. The lowest BCUT2D eigenvalue weighted by molar-refractivity contribution is 0.276. The molecule has 0 fully saturated rings. The third-order valence-electron chi connectivity index (χ3n) is 4.98. The molecule has 0 aliphatic carbocycles. The third-order valence-corrected chi connectivity index (χ3v) is 4.98. The molecule has 0 aliphatic heterocycles. The molecule has 0 N–H and O–H groups in total. The van der Waals surface area contributed by atoms with Crippen LogP contribution in [0.5, 0.6) is 5.75 Å². The molecular weight excluding hydrogens is 426 g/mol. The molecule has 0 radical (unpaired) electrons. The summed E-state index contributed by atoms with van der Waals surface area (Å²) in [4.78, 5) is 4.26. The van der Waals surface area contributed by atoms with E-state index in [0.29, 0.717) is 5.69 Å². The Morgan fingerprint density at radius 3 is 2.52 bits per heavy atom. The van der Waals surface area contributed by atoms with Crippen LogP contribution in [0.3, 0.4) is 0 Å². The number of aromatic nitrogens is 1. The minimum Gasteiger partial charge on any atom is -0.487 e. The summed E-state index contributed by atoms with van der Waals surface area (Å²) >= 11 is 0. The van der Waals surface area contributed by atoms with Crippen LogP contribution in [-0.2, 0) is 13.0 Å². The van der Waals surface area contributed by atoms with Gasteiger partial charge in [0.15, 0.2) is 0 Å². The highest BCUT2D eigenvalue weighted by Crippen LogP contribution is 2.18. The van der Waals surface area contributed by atoms with Crippen molar-refractivity contribution in [2.75, 3.05) is 20.1 Å². The maximum Gasteiger partial charge on any atom is 0.218 e. The molecule has 0 unspecified atom stereocenters. The van der Waals surface area contributed by atoms with Crippen molar-refractivity contribution < 1.29 is 17.9 Å². The largest absolute Gasteiger partial charge is 0.487 e. The second kappa shape index (κ2) is 12.5. The van der Waals surface area contributed by atoms with Crippen molar-refractivity contribution >= 4 is 12.2 Å². The van der Waals surface area contributed by atoms with E-state index in [9.17, 15) is 8.78 Å². The molecule has 0 spiro atoms. The Morgan fingerprint density at radius 2 is 1.82 bits per heavy atom. The molecule has 2 aromatic carbocycles. The van der Waals surface area contributed by atoms with Gasteiger partial charge in [0, 0.05) is 24.7 Å². The van der Waals surface area contributed by atoms with E-state index < -0.39 is 11.6 Å². The van der Waals surface area contributed by atoms with Gasteiger partial charge in [0.25, 0.3) is 0 Å². The van der Waals surface area contributed by atoms with E-state index >= 15 is 0 Å². The molecule has 0 saturated heterocycles. The number of nitrogens with zero attached hydrogens (tertiary/aromatic N) is 4. The highest BCUT2D eigenvalue weighted by atomic mass is 19.1. The van der Waals surface area contributed by atoms with E-state index in [1.54, 1.807) is 7.05 Å². The number of hydrogen-bond acceptors (Lipinski definition) is 5. The van der Waals surface area contributed by atoms with Crippen LogP contribution in [0.25, 0.3) is 12.2 Å². The molecule has 33 heavy (non-hydrogen) atoms. The molecule has 6 nitrogen and oxygen atoms in total. The van der Waals surface area contributed by atoms with Gasteiger partial charge in [-0.2, -0.15) is 5.11 Å². The fourth-order valence-electron chi connectivity index (χ4n) is 3.22. The van der Waals surface area contributed by atoms with Crippen LogP contribution in [0.1, 0.15) is 42.5 Å². The number of hydrogen-bond donors (Lipinski definition) is 0. The average molecular weight is 455 g/mol. The molecule has 0 aliphatic rings. The second-order valence-electron chi connectivity index (χ2n) is 7.37. The van der Waals surface area contributed by atoms with E-state index in [1.807, 2.05) is 17.1 Å². The molecule has 0 bridgehead atoms. The molecular formula is C25H28F2N4O2. The molecule has 3 aromatic rings. The summed E-state index contributed by atoms with van der Waals surface area (Å²) in [6.07, 6.45) is 7.30. The van der Waals surface area contributed by atoms with Crippen LogP contribution in [0, 0.1) is 11.6 Å². The summed E-state index contributed by atoms with van der Waals surface area (Å²) in [7, 11) is 1.68. The highest BCUT2D eigenvalue weighted by molar-refractivity contribution is 5.66. The van der Waals surface area contributed by atoms with E-state index in [0.717, 1.165) is 38.1 Å². The third kappa shape index (κ3) is 7.52. The van der Waals surface area contributed by atoms with Gasteiger partial charge >= 0.3 is 0 Å². The smallest absolute Gasteiger partial charge is 0.218 e. The molecule has 1 aromatic heterocycles. The van der Waals surface area contributed by atoms with Crippen LogP contribution in [0.15, 0.2) is 63.5 Å². The predicted octanol–water partition coefficient (Wildman–Crippen LogP) is 6.34. The van der Waals surface area contributed by atoms with Crippen LogP contribution >= 0.6 is 0 Å². The molecule has 3 rings (SSSR count). The summed E-state index contributed by atoms with van der Waals surface area (Å²) in [6, 6.07) is 11.7. The molecule has 8 heteroatoms. The zero-order valence-corrected chi connectivity index (χ0v) is 18.9. The fourth-order valence-corrected chi connectivity index (χ4v) is 3.22. The summed E-state index contributed by atoms with van der Waals surface area (Å²) in [5.41, 5.74) is 1.69. The van der Waals surface area contributed by atoms with Crippen molar-refractivity contribution in [3.8, 4) is 5.75 Å². The first kappa shape index (κ1) is 24.1. The Kier molecular flexibility index (Phi) is 9.11. The van der Waals surface area contributed by atoms with Gasteiger partial charge in [-0.25, -0.2) is 13.8 Å². The number of ether oxygens (including phenoxy) is 1. The maximum atomic E-state index is 13.7. The minimum atomic E-state index is -0.643. The normalized spacial score (nSPS) is 11.5. The minimum absolute atomic E-state index is 0.136. The van der Waals surface area contributed by atoms with Crippen molar-refractivity contribution in [3.63, 3.8) is 0 Å². The number of oxazole rings is 1. The number of halogens is 2. The Morgan fingerprint density at radius 1 is 1.06 bits per heavy atom. The van der Waals surface area contributed by atoms with Crippen LogP contribution in [-0.4, -0.2) is 30.1 Å². The fraction of sp³-hybridized carbons (Fsp3) is 0.320. The number of unbranched alkanes of at least 4 members (excludes halogenated alkanes) is 1. The van der Waals surface area contributed by atoms with E-state index in [-0.39, 0.29) is 18.1 Å². The van der Waals surface area contributed by atoms with Gasteiger partial charge in [-0.05, 0) is 62.1 Å². The number of benzene rings is 2. The van der Waals surface area contributed by atoms with Gasteiger partial charge in [0.1, 0.15) is 35.9 Å². The van der Waals surface area contributed by atoms with Crippen molar-refractivity contribution in [1.82, 2.24) is 9.99 Å². The molecule has 1 heterocycles. The van der Waals surface area contributed by atoms with E-state index in [2.05, 4.69) is 34.4 Å². The van der Waals surface area contributed by atoms with Crippen LogP contribution in [0.2, 0.25) is 0 Å². The Bertz CT molecular complexity index is 1040. The van der Waals surface area contributed by atoms with Gasteiger partial charge in [-0.1, -0.05) is 23.4 Å². The summed E-state index contributed by atoms with van der Waals surface area (Å²) in [5, 5.41) is 9.85. The standard InChI is InChI=1S/C25H28F2N4O2/c1-3-31(30-28-2)16-5-4-7-19-10-12-21(13-11-19)32-17-20-18-33-25(29-20)15-14-22-23(26)8-6-9-24(22)27/h6,8-15,18H,3-5,7,16-17H2,1-2H3/b15-14+,30-28?.